The van der Waals surface area contributed by atoms with Crippen molar-refractivity contribution in [2.24, 2.45) is 0 Å². The topological polar surface area (TPSA) is 61.0 Å². The molecule has 0 saturated carbocycles. The number of aromatic nitrogens is 2. The number of hydrogen-bond acceptors (Lipinski definition) is 4. The molecule has 0 bridgehead atoms. The van der Waals surface area contributed by atoms with Gasteiger partial charge in [0.2, 0.25) is 0 Å². The number of nitrogens with zero attached hydrogens (tertiary/aromatic N) is 2. The number of aromatic amines is 1. The van der Waals surface area contributed by atoms with Crippen LogP contribution in [0.1, 0.15) is 12.1 Å². The number of para-hydroxylation sites is 2. The monoisotopic (exact) mass is 258 g/mol. The van der Waals surface area contributed by atoms with Gasteiger partial charge in [0.05, 0.1) is 11.0 Å². The number of rotatable bonds is 2. The summed E-state index contributed by atoms with van der Waals surface area (Å²) in [5.74, 6) is 0. The Morgan fingerprint density at radius 3 is 3.05 bits per heavy atom. The van der Waals surface area contributed by atoms with Gasteiger partial charge in [-0.3, -0.25) is 9.69 Å². The average molecular weight is 258 g/mol. The van der Waals surface area contributed by atoms with Crippen molar-refractivity contribution in [3.8, 4) is 0 Å². The van der Waals surface area contributed by atoms with Crippen LogP contribution in [-0.2, 0) is 6.54 Å². The largest absolute Gasteiger partial charge is 0.319 e. The van der Waals surface area contributed by atoms with Gasteiger partial charge in [-0.25, -0.2) is 4.98 Å². The van der Waals surface area contributed by atoms with Crippen molar-refractivity contribution in [2.45, 2.75) is 13.0 Å². The molecule has 0 aliphatic carbocycles. The fourth-order valence-corrected chi connectivity index (χ4v) is 2.45. The average Bonchev–Trinajstić information content (AvgIpc) is 2.68. The van der Waals surface area contributed by atoms with Crippen LogP contribution in [0.15, 0.2) is 29.1 Å². The minimum Gasteiger partial charge on any atom is -0.319 e. The molecule has 1 aromatic heterocycles. The molecule has 5 nitrogen and oxygen atoms in total. The molecule has 100 valence electrons. The second-order valence-electron chi connectivity index (χ2n) is 4.91. The first-order valence-corrected chi connectivity index (χ1v) is 6.74. The highest BCUT2D eigenvalue weighted by molar-refractivity contribution is 5.73. The van der Waals surface area contributed by atoms with Gasteiger partial charge in [-0.2, -0.15) is 0 Å². The standard InChI is InChI=1S/C14H18N4O/c19-14-13(10-18-8-3-6-15-7-9-18)16-11-4-1-2-5-12(11)17-14/h1-2,4-5,15H,3,6-10H2,(H,17,19). The van der Waals surface area contributed by atoms with Gasteiger partial charge < -0.3 is 10.3 Å². The molecule has 0 amide bonds. The first kappa shape index (κ1) is 12.3. The first-order chi connectivity index (χ1) is 9.33. The Kier molecular flexibility index (Phi) is 3.57. The van der Waals surface area contributed by atoms with Crippen molar-refractivity contribution >= 4 is 11.0 Å². The molecular weight excluding hydrogens is 240 g/mol. The third kappa shape index (κ3) is 2.83. The Balaban J connectivity index is 1.87. The van der Waals surface area contributed by atoms with E-state index in [2.05, 4.69) is 20.2 Å². The Labute approximate surface area is 111 Å². The zero-order chi connectivity index (χ0) is 13.1. The fraction of sp³-hybridized carbons (Fsp3) is 0.429. The molecule has 2 heterocycles. The Hall–Kier alpha value is -1.72. The summed E-state index contributed by atoms with van der Waals surface area (Å²) >= 11 is 0. The highest BCUT2D eigenvalue weighted by Crippen LogP contribution is 2.07. The van der Waals surface area contributed by atoms with Gasteiger partial charge in [-0.15, -0.1) is 0 Å². The number of H-pyrrole nitrogens is 1. The van der Waals surface area contributed by atoms with E-state index in [1.54, 1.807) is 0 Å². The van der Waals surface area contributed by atoms with Gasteiger partial charge in [0.25, 0.3) is 5.56 Å². The van der Waals surface area contributed by atoms with Gasteiger partial charge in [-0.05, 0) is 31.6 Å². The number of fused-ring (bicyclic) bond motifs is 1. The van der Waals surface area contributed by atoms with Crippen LogP contribution in [0, 0.1) is 0 Å². The van der Waals surface area contributed by atoms with Crippen molar-refractivity contribution in [1.29, 1.82) is 0 Å². The summed E-state index contributed by atoms with van der Waals surface area (Å²) in [4.78, 5) is 21.7. The quantitative estimate of drug-likeness (QED) is 0.833. The molecular formula is C14H18N4O. The normalized spacial score (nSPS) is 17.5. The van der Waals surface area contributed by atoms with Gasteiger partial charge in [-0.1, -0.05) is 12.1 Å². The minimum absolute atomic E-state index is 0.0732. The molecule has 0 radical (unpaired) electrons. The molecule has 2 N–H and O–H groups in total. The van der Waals surface area contributed by atoms with Gasteiger partial charge >= 0.3 is 0 Å². The van der Waals surface area contributed by atoms with Gasteiger partial charge in [0.1, 0.15) is 5.69 Å². The van der Waals surface area contributed by atoms with Gasteiger partial charge in [0, 0.05) is 19.6 Å². The zero-order valence-electron chi connectivity index (χ0n) is 10.9. The number of nitrogens with one attached hydrogen (secondary N) is 2. The second kappa shape index (κ2) is 5.50. The SMILES string of the molecule is O=c1[nH]c2ccccc2nc1CN1CCCNCC1. The van der Waals surface area contributed by atoms with Crippen LogP contribution in [0.25, 0.3) is 11.0 Å². The molecule has 0 spiro atoms. The van der Waals surface area contributed by atoms with Gasteiger partial charge in [0.15, 0.2) is 0 Å². The summed E-state index contributed by atoms with van der Waals surface area (Å²) < 4.78 is 0. The summed E-state index contributed by atoms with van der Waals surface area (Å²) in [6.45, 7) is 4.64. The summed E-state index contributed by atoms with van der Waals surface area (Å²) in [5, 5.41) is 3.36. The first-order valence-electron chi connectivity index (χ1n) is 6.74. The van der Waals surface area contributed by atoms with Crippen LogP contribution < -0.4 is 10.9 Å². The van der Waals surface area contributed by atoms with Crippen LogP contribution in [0.5, 0.6) is 0 Å². The number of hydrogen-bond donors (Lipinski definition) is 2. The Morgan fingerprint density at radius 1 is 1.21 bits per heavy atom. The predicted octanol–water partition coefficient (Wildman–Crippen LogP) is 0.718. The summed E-state index contributed by atoms with van der Waals surface area (Å²) in [5.41, 5.74) is 2.19. The Morgan fingerprint density at radius 2 is 2.11 bits per heavy atom. The van der Waals surface area contributed by atoms with Crippen molar-refractivity contribution in [3.05, 3.63) is 40.3 Å². The Bertz CT molecular complexity index is 614. The van der Waals surface area contributed by atoms with E-state index in [4.69, 9.17) is 0 Å². The highest BCUT2D eigenvalue weighted by atomic mass is 16.1. The maximum absolute atomic E-state index is 12.0. The second-order valence-corrected chi connectivity index (χ2v) is 4.91. The zero-order valence-corrected chi connectivity index (χ0v) is 10.9. The van der Waals surface area contributed by atoms with Crippen molar-refractivity contribution in [1.82, 2.24) is 20.2 Å². The van der Waals surface area contributed by atoms with E-state index in [0.29, 0.717) is 12.2 Å². The molecule has 2 aromatic rings. The molecule has 1 fully saturated rings. The molecule has 0 unspecified atom stereocenters. The van der Waals surface area contributed by atoms with Crippen LogP contribution in [0.2, 0.25) is 0 Å². The molecule has 1 saturated heterocycles. The third-order valence-electron chi connectivity index (χ3n) is 3.48. The van der Waals surface area contributed by atoms with Crippen molar-refractivity contribution in [2.75, 3.05) is 26.2 Å². The maximum atomic E-state index is 12.0. The van der Waals surface area contributed by atoms with E-state index in [-0.39, 0.29) is 5.56 Å². The lowest BCUT2D eigenvalue weighted by molar-refractivity contribution is 0.280. The molecule has 19 heavy (non-hydrogen) atoms. The van der Waals surface area contributed by atoms with E-state index in [0.717, 1.165) is 43.6 Å². The van der Waals surface area contributed by atoms with E-state index in [1.807, 2.05) is 24.3 Å². The summed E-state index contributed by atoms with van der Waals surface area (Å²) in [7, 11) is 0. The van der Waals surface area contributed by atoms with E-state index >= 15 is 0 Å². The molecule has 5 heteroatoms. The third-order valence-corrected chi connectivity index (χ3v) is 3.48. The minimum atomic E-state index is -0.0732. The molecule has 1 aromatic carbocycles. The van der Waals surface area contributed by atoms with Crippen LogP contribution >= 0.6 is 0 Å². The molecule has 3 rings (SSSR count). The number of benzene rings is 1. The lowest BCUT2D eigenvalue weighted by Gasteiger charge is -2.18. The summed E-state index contributed by atoms with van der Waals surface area (Å²) in [6.07, 6.45) is 1.12. The fourth-order valence-electron chi connectivity index (χ4n) is 2.45. The van der Waals surface area contributed by atoms with Crippen LogP contribution in [0.3, 0.4) is 0 Å². The van der Waals surface area contributed by atoms with Crippen molar-refractivity contribution in [3.63, 3.8) is 0 Å². The maximum Gasteiger partial charge on any atom is 0.271 e. The lowest BCUT2D eigenvalue weighted by Crippen LogP contribution is -2.31. The predicted molar refractivity (Wildman–Crippen MR) is 75.1 cm³/mol. The van der Waals surface area contributed by atoms with E-state index in [1.165, 1.54) is 0 Å². The van der Waals surface area contributed by atoms with E-state index < -0.39 is 0 Å². The molecule has 1 aliphatic rings. The summed E-state index contributed by atoms with van der Waals surface area (Å²) in [6, 6.07) is 7.65. The lowest BCUT2D eigenvalue weighted by atomic mass is 10.3. The van der Waals surface area contributed by atoms with Crippen LogP contribution in [0.4, 0.5) is 0 Å². The van der Waals surface area contributed by atoms with E-state index in [9.17, 15) is 4.79 Å². The van der Waals surface area contributed by atoms with Crippen LogP contribution in [-0.4, -0.2) is 41.0 Å². The van der Waals surface area contributed by atoms with Crippen molar-refractivity contribution < 1.29 is 0 Å². The molecule has 1 aliphatic heterocycles. The smallest absolute Gasteiger partial charge is 0.271 e. The highest BCUT2D eigenvalue weighted by Gasteiger charge is 2.12. The molecule has 0 atom stereocenters.